The van der Waals surface area contributed by atoms with Gasteiger partial charge < -0.3 is 4.90 Å². The molecule has 1 aliphatic heterocycles. The second-order valence-electron chi connectivity index (χ2n) is 5.33. The molecule has 0 unspecified atom stereocenters. The molecule has 94 valence electrons. The van der Waals surface area contributed by atoms with Gasteiger partial charge in [0.05, 0.1) is 17.2 Å². The van der Waals surface area contributed by atoms with Gasteiger partial charge in [0.2, 0.25) is 5.91 Å². The van der Waals surface area contributed by atoms with E-state index in [-0.39, 0.29) is 0 Å². The molecule has 0 radical (unpaired) electrons. The first-order valence-electron chi connectivity index (χ1n) is 6.23. The molecule has 1 amide bonds. The van der Waals surface area contributed by atoms with E-state index >= 15 is 0 Å². The Balaban J connectivity index is 1.92. The van der Waals surface area contributed by atoms with Crippen LogP contribution in [0, 0.1) is 18.8 Å². The number of hydrogen-bond acceptors (Lipinski definition) is 3. The molecule has 0 aromatic carbocycles. The first-order chi connectivity index (χ1) is 8.04. The zero-order valence-corrected chi connectivity index (χ0v) is 11.6. The van der Waals surface area contributed by atoms with Gasteiger partial charge in [0.25, 0.3) is 0 Å². The summed E-state index contributed by atoms with van der Waals surface area (Å²) >= 11 is 1.65. The zero-order valence-electron chi connectivity index (χ0n) is 10.8. The smallest absolute Gasteiger partial charge is 0.223 e. The minimum atomic E-state index is 0.293. The molecule has 0 aliphatic carbocycles. The molecule has 1 aliphatic rings. The minimum Gasteiger partial charge on any atom is -0.336 e. The lowest BCUT2D eigenvalue weighted by Crippen LogP contribution is -2.24. The molecular formula is C13H20N2OS. The van der Waals surface area contributed by atoms with E-state index in [4.69, 9.17) is 0 Å². The van der Waals surface area contributed by atoms with Crippen molar-refractivity contribution in [2.24, 2.45) is 11.8 Å². The predicted octanol–water partition coefficient (Wildman–Crippen LogP) is 2.85. The first-order valence-corrected chi connectivity index (χ1v) is 7.11. The van der Waals surface area contributed by atoms with Gasteiger partial charge in [-0.25, -0.2) is 4.98 Å². The van der Waals surface area contributed by atoms with Crippen molar-refractivity contribution in [3.8, 4) is 0 Å². The molecule has 0 N–H and O–H groups in total. The van der Waals surface area contributed by atoms with E-state index in [0.29, 0.717) is 24.3 Å². The molecule has 0 saturated carbocycles. The van der Waals surface area contributed by atoms with Crippen molar-refractivity contribution in [3.63, 3.8) is 0 Å². The molecule has 3 nitrogen and oxygen atoms in total. The van der Waals surface area contributed by atoms with E-state index in [0.717, 1.165) is 30.1 Å². The van der Waals surface area contributed by atoms with Gasteiger partial charge in [-0.1, -0.05) is 13.8 Å². The number of rotatable bonds is 4. The van der Waals surface area contributed by atoms with Crippen LogP contribution in [0.1, 0.15) is 37.4 Å². The standard InChI is InChI=1S/C13H20N2OS/c1-9(2)4-11-5-13(16)15(6-11)7-12-8-17-10(3)14-12/h8-9,11H,4-7H2,1-3H3/t11-/m1/s1. The summed E-state index contributed by atoms with van der Waals surface area (Å²) in [6.45, 7) is 8.04. The molecule has 1 fully saturated rings. The lowest BCUT2D eigenvalue weighted by Gasteiger charge is -2.16. The lowest BCUT2D eigenvalue weighted by molar-refractivity contribution is -0.128. The molecule has 1 aromatic heterocycles. The number of aromatic nitrogens is 1. The number of carbonyl (C=O) groups is 1. The third-order valence-corrected chi connectivity index (χ3v) is 3.94. The van der Waals surface area contributed by atoms with Crippen LogP contribution < -0.4 is 0 Å². The van der Waals surface area contributed by atoms with Crippen molar-refractivity contribution < 1.29 is 4.79 Å². The van der Waals surface area contributed by atoms with Crippen LogP contribution in [0.2, 0.25) is 0 Å². The molecule has 0 bridgehead atoms. The molecule has 1 aromatic rings. The van der Waals surface area contributed by atoms with Gasteiger partial charge in [-0.05, 0) is 25.2 Å². The van der Waals surface area contributed by atoms with Crippen LogP contribution in [0.4, 0.5) is 0 Å². The molecule has 2 heterocycles. The fourth-order valence-corrected chi connectivity index (χ4v) is 3.11. The topological polar surface area (TPSA) is 33.2 Å². The lowest BCUT2D eigenvalue weighted by atomic mass is 9.96. The van der Waals surface area contributed by atoms with E-state index < -0.39 is 0 Å². The van der Waals surface area contributed by atoms with Gasteiger partial charge in [-0.2, -0.15) is 0 Å². The number of hydrogen-bond donors (Lipinski definition) is 0. The van der Waals surface area contributed by atoms with E-state index in [2.05, 4.69) is 24.2 Å². The Labute approximate surface area is 107 Å². The fourth-order valence-electron chi connectivity index (χ4n) is 2.51. The van der Waals surface area contributed by atoms with Crippen molar-refractivity contribution in [1.82, 2.24) is 9.88 Å². The van der Waals surface area contributed by atoms with Crippen LogP contribution in [0.5, 0.6) is 0 Å². The highest BCUT2D eigenvalue weighted by Crippen LogP contribution is 2.25. The zero-order chi connectivity index (χ0) is 12.4. The third-order valence-electron chi connectivity index (χ3n) is 3.12. The summed E-state index contributed by atoms with van der Waals surface area (Å²) in [5.41, 5.74) is 1.03. The third kappa shape index (κ3) is 3.28. The van der Waals surface area contributed by atoms with Crippen LogP contribution in [0.25, 0.3) is 0 Å². The van der Waals surface area contributed by atoms with Crippen molar-refractivity contribution >= 4 is 17.2 Å². The van der Waals surface area contributed by atoms with E-state index in [1.165, 1.54) is 0 Å². The second kappa shape index (κ2) is 5.17. The number of thiazole rings is 1. The maximum atomic E-state index is 11.9. The Bertz CT molecular complexity index is 400. The molecule has 4 heteroatoms. The van der Waals surface area contributed by atoms with Crippen LogP contribution in [-0.2, 0) is 11.3 Å². The Morgan fingerprint density at radius 1 is 1.59 bits per heavy atom. The average molecular weight is 252 g/mol. The minimum absolute atomic E-state index is 0.293. The number of carbonyl (C=O) groups excluding carboxylic acids is 1. The van der Waals surface area contributed by atoms with Crippen LogP contribution in [0.15, 0.2) is 5.38 Å². The maximum absolute atomic E-state index is 11.9. The summed E-state index contributed by atoms with van der Waals surface area (Å²) in [5.74, 6) is 1.51. The highest BCUT2D eigenvalue weighted by Gasteiger charge is 2.30. The van der Waals surface area contributed by atoms with Gasteiger partial charge in [-0.3, -0.25) is 4.79 Å². The van der Waals surface area contributed by atoms with Gasteiger partial charge >= 0.3 is 0 Å². The monoisotopic (exact) mass is 252 g/mol. The van der Waals surface area contributed by atoms with Gasteiger partial charge in [0, 0.05) is 18.3 Å². The van der Waals surface area contributed by atoms with Crippen LogP contribution in [-0.4, -0.2) is 22.3 Å². The van der Waals surface area contributed by atoms with E-state index in [1.807, 2.05) is 11.8 Å². The predicted molar refractivity (Wildman–Crippen MR) is 69.8 cm³/mol. The van der Waals surface area contributed by atoms with Crippen LogP contribution >= 0.6 is 11.3 Å². The van der Waals surface area contributed by atoms with Gasteiger partial charge in [0.1, 0.15) is 0 Å². The summed E-state index contributed by atoms with van der Waals surface area (Å²) < 4.78 is 0. The fraction of sp³-hybridized carbons (Fsp3) is 0.692. The molecule has 1 atom stereocenters. The second-order valence-corrected chi connectivity index (χ2v) is 6.39. The highest BCUT2D eigenvalue weighted by atomic mass is 32.1. The Kier molecular flexibility index (Phi) is 3.82. The first kappa shape index (κ1) is 12.6. The summed E-state index contributed by atoms with van der Waals surface area (Å²) in [7, 11) is 0. The average Bonchev–Trinajstić information content (AvgIpc) is 2.74. The largest absolute Gasteiger partial charge is 0.336 e. The van der Waals surface area contributed by atoms with Crippen molar-refractivity contribution in [3.05, 3.63) is 16.1 Å². The van der Waals surface area contributed by atoms with Gasteiger partial charge in [0.15, 0.2) is 0 Å². The summed E-state index contributed by atoms with van der Waals surface area (Å²) in [6, 6.07) is 0. The Morgan fingerprint density at radius 2 is 2.35 bits per heavy atom. The Morgan fingerprint density at radius 3 is 2.94 bits per heavy atom. The molecular weight excluding hydrogens is 232 g/mol. The molecule has 0 spiro atoms. The number of amides is 1. The summed E-state index contributed by atoms with van der Waals surface area (Å²) in [4.78, 5) is 18.3. The SMILES string of the molecule is Cc1nc(CN2C[C@H](CC(C)C)CC2=O)cs1. The number of likely N-dealkylation sites (tertiary alicyclic amines) is 1. The van der Waals surface area contributed by atoms with E-state index in [9.17, 15) is 4.79 Å². The van der Waals surface area contributed by atoms with Crippen molar-refractivity contribution in [2.45, 2.75) is 40.2 Å². The molecule has 1 saturated heterocycles. The molecule has 2 rings (SSSR count). The number of aryl methyl sites for hydroxylation is 1. The summed E-state index contributed by atoms with van der Waals surface area (Å²) in [6.07, 6.45) is 1.87. The Hall–Kier alpha value is -0.900. The van der Waals surface area contributed by atoms with E-state index in [1.54, 1.807) is 11.3 Å². The van der Waals surface area contributed by atoms with Gasteiger partial charge in [-0.15, -0.1) is 11.3 Å². The highest BCUT2D eigenvalue weighted by molar-refractivity contribution is 7.09. The summed E-state index contributed by atoms with van der Waals surface area (Å²) in [5, 5.41) is 3.13. The number of nitrogens with zero attached hydrogens (tertiary/aromatic N) is 2. The normalized spacial score (nSPS) is 20.6. The van der Waals surface area contributed by atoms with Crippen LogP contribution in [0.3, 0.4) is 0 Å². The molecule has 17 heavy (non-hydrogen) atoms. The quantitative estimate of drug-likeness (QED) is 0.825. The van der Waals surface area contributed by atoms with Crippen molar-refractivity contribution in [1.29, 1.82) is 0 Å². The van der Waals surface area contributed by atoms with Crippen molar-refractivity contribution in [2.75, 3.05) is 6.54 Å². The maximum Gasteiger partial charge on any atom is 0.223 e.